The molecule has 0 radical (unpaired) electrons. The third-order valence-electron chi connectivity index (χ3n) is 1.89. The van der Waals surface area contributed by atoms with Crippen molar-refractivity contribution in [3.05, 3.63) is 28.4 Å². The molecule has 3 N–H and O–H groups in total. The number of nitrogens with two attached hydrogens (primary N) is 1. The van der Waals surface area contributed by atoms with Crippen molar-refractivity contribution >= 4 is 11.7 Å². The van der Waals surface area contributed by atoms with E-state index >= 15 is 0 Å². The summed E-state index contributed by atoms with van der Waals surface area (Å²) in [6.07, 6.45) is -3.52. The molecule has 5 nitrogen and oxygen atoms in total. The van der Waals surface area contributed by atoms with Crippen LogP contribution in [0.25, 0.3) is 0 Å². The van der Waals surface area contributed by atoms with Crippen molar-refractivity contribution in [1.82, 2.24) is 0 Å². The smallest absolute Gasteiger partial charge is 0.450 e. The van der Waals surface area contributed by atoms with Gasteiger partial charge in [-0.25, -0.2) is 4.79 Å². The number of carboxylic acids is 1. The van der Waals surface area contributed by atoms with Crippen LogP contribution in [0.1, 0.15) is 10.4 Å². The summed E-state index contributed by atoms with van der Waals surface area (Å²) in [5.74, 6) is -1.29. The van der Waals surface area contributed by atoms with E-state index in [0.717, 1.165) is 12.1 Å². The molecule has 2 rings (SSSR count). The first-order valence-electron chi connectivity index (χ1n) is 3.89. The van der Waals surface area contributed by atoms with Crippen molar-refractivity contribution in [2.24, 2.45) is 9.98 Å². The van der Waals surface area contributed by atoms with Crippen LogP contribution < -0.4 is 16.4 Å². The molecule has 0 bridgehead atoms. The highest BCUT2D eigenvalue weighted by Gasteiger charge is 2.30. The zero-order valence-electron chi connectivity index (χ0n) is 7.24. The largest absolute Gasteiger partial charge is 0.478 e. The van der Waals surface area contributed by atoms with Gasteiger partial charge in [-0.3, -0.25) is 0 Å². The van der Waals surface area contributed by atoms with Gasteiger partial charge in [0.25, 0.3) is 0 Å². The summed E-state index contributed by atoms with van der Waals surface area (Å²) in [4.78, 5) is 16.6. The Morgan fingerprint density at radius 3 is 2.40 bits per heavy atom. The molecule has 7 heteroatoms. The number of benzene rings is 1. The number of fused-ring (bicyclic) bond motifs is 1. The monoisotopic (exact) mass is 213 g/mol. The summed E-state index contributed by atoms with van der Waals surface area (Å²) in [7, 11) is 0. The Hall–Kier alpha value is -2.05. The second-order valence-corrected chi connectivity index (χ2v) is 2.97. The third-order valence-corrected chi connectivity index (χ3v) is 1.89. The average Bonchev–Trinajstić information content (AvgIpc) is 2.36. The fourth-order valence-electron chi connectivity index (χ4n) is 1.27. The van der Waals surface area contributed by atoms with Gasteiger partial charge in [-0.1, -0.05) is 0 Å². The molecule has 0 aliphatic carbocycles. The number of halogens is 2. The molecule has 0 saturated heterocycles. The molecule has 15 heavy (non-hydrogen) atoms. The number of alkyl halides is 2. The zero-order chi connectivity index (χ0) is 11.2. The number of hydrogen-bond acceptors (Lipinski definition) is 4. The van der Waals surface area contributed by atoms with Crippen molar-refractivity contribution < 1.29 is 18.7 Å². The minimum Gasteiger partial charge on any atom is -0.478 e. The van der Waals surface area contributed by atoms with E-state index in [9.17, 15) is 13.6 Å². The number of hydrogen-bond donors (Lipinski definition) is 2. The molecule has 0 amide bonds. The Bertz CT molecular complexity index is 568. The van der Waals surface area contributed by atoms with Crippen molar-refractivity contribution in [1.29, 1.82) is 0 Å². The maximum atomic E-state index is 12.7. The number of aromatic carboxylic acids is 1. The van der Waals surface area contributed by atoms with Crippen LogP contribution in [0.3, 0.4) is 0 Å². The topological polar surface area (TPSA) is 88.0 Å². The normalized spacial score (nSPS) is 16.4. The minimum atomic E-state index is -3.52. The predicted octanol–water partition coefficient (Wildman–Crippen LogP) is -0.230. The van der Waals surface area contributed by atoms with Crippen molar-refractivity contribution in [3.8, 4) is 0 Å². The molecule has 0 fully saturated rings. The van der Waals surface area contributed by atoms with E-state index in [1.807, 2.05) is 0 Å². The van der Waals surface area contributed by atoms with Crippen LogP contribution in [0.15, 0.2) is 22.1 Å². The molecule has 0 spiro atoms. The molecule has 1 aromatic rings. The van der Waals surface area contributed by atoms with E-state index in [1.54, 1.807) is 0 Å². The third kappa shape index (κ3) is 1.51. The maximum absolute atomic E-state index is 12.7. The van der Waals surface area contributed by atoms with E-state index in [4.69, 9.17) is 10.8 Å². The van der Waals surface area contributed by atoms with Gasteiger partial charge in [-0.05, 0) is 12.1 Å². The number of carbonyl (C=O) groups is 1. The van der Waals surface area contributed by atoms with Gasteiger partial charge in [-0.2, -0.15) is 18.8 Å². The number of carboxylic acid groups (broad SMARTS) is 1. The highest BCUT2D eigenvalue weighted by Crippen LogP contribution is 2.17. The minimum absolute atomic E-state index is 0.0949. The van der Waals surface area contributed by atoms with Crippen LogP contribution in [-0.4, -0.2) is 17.2 Å². The molecular weight excluding hydrogens is 208 g/mol. The van der Waals surface area contributed by atoms with Gasteiger partial charge in [0.2, 0.25) is 0 Å². The van der Waals surface area contributed by atoms with Gasteiger partial charge in [0, 0.05) is 5.69 Å². The zero-order valence-corrected chi connectivity index (χ0v) is 7.24. The van der Waals surface area contributed by atoms with Gasteiger partial charge < -0.3 is 10.8 Å². The average molecular weight is 213 g/mol. The Morgan fingerprint density at radius 1 is 1.33 bits per heavy atom. The maximum Gasteiger partial charge on any atom is 0.450 e. The lowest BCUT2D eigenvalue weighted by molar-refractivity contribution is 0.0193. The quantitative estimate of drug-likeness (QED) is 0.499. The summed E-state index contributed by atoms with van der Waals surface area (Å²) >= 11 is 0. The Labute approximate surface area is 81.6 Å². The summed E-state index contributed by atoms with van der Waals surface area (Å²) in [6.45, 7) is 0. The second-order valence-electron chi connectivity index (χ2n) is 2.97. The van der Waals surface area contributed by atoms with E-state index in [0.29, 0.717) is 0 Å². The Morgan fingerprint density at radius 2 is 1.87 bits per heavy atom. The molecule has 1 heterocycles. The van der Waals surface area contributed by atoms with Gasteiger partial charge >= 0.3 is 12.1 Å². The van der Waals surface area contributed by atoms with Crippen molar-refractivity contribution in [3.63, 3.8) is 0 Å². The van der Waals surface area contributed by atoms with E-state index < -0.39 is 12.1 Å². The SMILES string of the molecule is Nc1cc2c(cc1C(=O)O)=NC(F)(F)N=2. The summed E-state index contributed by atoms with van der Waals surface area (Å²) < 4.78 is 25.4. The number of nitrogen functional groups attached to an aromatic ring is 1. The summed E-state index contributed by atoms with van der Waals surface area (Å²) in [6, 6.07) is 2.06. The first kappa shape index (κ1) is 9.50. The Balaban J connectivity index is 2.76. The molecular formula is C8H5F2N3O2. The van der Waals surface area contributed by atoms with E-state index in [1.165, 1.54) is 0 Å². The van der Waals surface area contributed by atoms with Crippen molar-refractivity contribution in [2.45, 2.75) is 6.17 Å². The van der Waals surface area contributed by atoms with Gasteiger partial charge in [-0.15, -0.1) is 0 Å². The first-order valence-corrected chi connectivity index (χ1v) is 3.89. The highest BCUT2D eigenvalue weighted by molar-refractivity contribution is 5.93. The van der Waals surface area contributed by atoms with Crippen LogP contribution >= 0.6 is 0 Å². The summed E-state index contributed by atoms with van der Waals surface area (Å²) in [5, 5.41) is 8.43. The van der Waals surface area contributed by atoms with Crippen LogP contribution in [0.2, 0.25) is 0 Å². The predicted molar refractivity (Wildman–Crippen MR) is 45.1 cm³/mol. The van der Waals surface area contributed by atoms with Gasteiger partial charge in [0.15, 0.2) is 0 Å². The lowest BCUT2D eigenvalue weighted by Gasteiger charge is -1.97. The van der Waals surface area contributed by atoms with E-state index in [2.05, 4.69) is 9.98 Å². The lowest BCUT2D eigenvalue weighted by Crippen LogP contribution is -2.24. The Kier molecular flexibility index (Phi) is 1.72. The number of rotatable bonds is 1. The highest BCUT2D eigenvalue weighted by atomic mass is 19.3. The fourth-order valence-corrected chi connectivity index (χ4v) is 1.27. The fraction of sp³-hybridized carbons (Fsp3) is 0.125. The summed E-state index contributed by atoms with van der Waals surface area (Å²) in [5.41, 5.74) is 4.98. The van der Waals surface area contributed by atoms with Crippen LogP contribution in [0.5, 0.6) is 0 Å². The van der Waals surface area contributed by atoms with Crippen LogP contribution in [-0.2, 0) is 0 Å². The number of nitrogens with zero attached hydrogens (tertiary/aromatic N) is 2. The van der Waals surface area contributed by atoms with Crippen LogP contribution in [0.4, 0.5) is 14.5 Å². The van der Waals surface area contributed by atoms with Crippen molar-refractivity contribution in [2.75, 3.05) is 5.73 Å². The van der Waals surface area contributed by atoms with Gasteiger partial charge in [0.1, 0.15) is 0 Å². The molecule has 1 aromatic carbocycles. The van der Waals surface area contributed by atoms with Crippen LogP contribution in [0, 0.1) is 0 Å². The molecule has 1 aliphatic heterocycles. The molecule has 1 aliphatic rings. The van der Waals surface area contributed by atoms with Gasteiger partial charge in [0.05, 0.1) is 16.3 Å². The van der Waals surface area contributed by atoms with E-state index in [-0.39, 0.29) is 22.0 Å². The number of anilines is 1. The molecule has 0 saturated carbocycles. The molecule has 0 aromatic heterocycles. The second kappa shape index (κ2) is 2.72. The molecule has 0 atom stereocenters. The lowest BCUT2D eigenvalue weighted by atomic mass is 10.1. The molecule has 0 unspecified atom stereocenters. The molecule has 78 valence electrons. The first-order chi connectivity index (χ1) is 6.89. The standard InChI is InChI=1S/C8H5F2N3O2/c9-8(10)12-5-1-3(7(14)15)4(11)2-6(5)13-8/h1-2H,11H2,(H,14,15).